The average Bonchev–Trinajstić information content (AvgIpc) is 2.69. The second-order valence-electron chi connectivity index (χ2n) is 3.59. The number of aromatic nitrogens is 1. The summed E-state index contributed by atoms with van der Waals surface area (Å²) in [7, 11) is 0. The van der Waals surface area contributed by atoms with Gasteiger partial charge in [0.2, 0.25) is 0 Å². The Morgan fingerprint density at radius 3 is 2.73 bits per heavy atom. The van der Waals surface area contributed by atoms with Gasteiger partial charge in [-0.2, -0.15) is 0 Å². The van der Waals surface area contributed by atoms with E-state index in [4.69, 9.17) is 5.11 Å². The molecule has 0 radical (unpaired) electrons. The first-order valence-corrected chi connectivity index (χ1v) is 5.15. The predicted octanol–water partition coefficient (Wildman–Crippen LogP) is 1.52. The third kappa shape index (κ3) is 1.89. The van der Waals surface area contributed by atoms with Crippen LogP contribution in [0.4, 0.5) is 0 Å². The first-order valence-electron chi connectivity index (χ1n) is 5.15. The molecule has 0 aliphatic rings. The molecule has 0 spiro atoms. The van der Waals surface area contributed by atoms with E-state index in [0.717, 1.165) is 29.4 Å². The van der Waals surface area contributed by atoms with Crippen LogP contribution in [0.5, 0.6) is 0 Å². The molecule has 3 nitrogen and oxygen atoms in total. The summed E-state index contributed by atoms with van der Waals surface area (Å²) in [5, 5.41) is 19.1. The van der Waals surface area contributed by atoms with E-state index in [9.17, 15) is 5.11 Å². The molecule has 15 heavy (non-hydrogen) atoms. The SMILES string of the molecule is OCCCn1ccc2c(CO)cccc21. The lowest BCUT2D eigenvalue weighted by Crippen LogP contribution is -1.98. The van der Waals surface area contributed by atoms with Crippen LogP contribution in [0.1, 0.15) is 12.0 Å². The number of aryl methyl sites for hydroxylation is 1. The Hall–Kier alpha value is -1.32. The monoisotopic (exact) mass is 205 g/mol. The van der Waals surface area contributed by atoms with E-state index in [1.54, 1.807) is 0 Å². The zero-order chi connectivity index (χ0) is 10.7. The van der Waals surface area contributed by atoms with E-state index >= 15 is 0 Å². The first-order chi connectivity index (χ1) is 7.36. The van der Waals surface area contributed by atoms with Crippen molar-refractivity contribution in [2.24, 2.45) is 0 Å². The van der Waals surface area contributed by atoms with Crippen molar-refractivity contribution in [1.82, 2.24) is 4.57 Å². The first kappa shape index (κ1) is 10.2. The minimum Gasteiger partial charge on any atom is -0.396 e. The number of hydrogen-bond donors (Lipinski definition) is 2. The number of aliphatic hydroxyl groups excluding tert-OH is 2. The quantitative estimate of drug-likeness (QED) is 0.794. The van der Waals surface area contributed by atoms with Gasteiger partial charge < -0.3 is 14.8 Å². The molecule has 2 N–H and O–H groups in total. The van der Waals surface area contributed by atoms with Gasteiger partial charge in [-0.15, -0.1) is 0 Å². The fraction of sp³-hybridized carbons (Fsp3) is 0.333. The third-order valence-corrected chi connectivity index (χ3v) is 2.63. The topological polar surface area (TPSA) is 45.4 Å². The minimum atomic E-state index is 0.0708. The lowest BCUT2D eigenvalue weighted by molar-refractivity contribution is 0.280. The lowest BCUT2D eigenvalue weighted by Gasteiger charge is -2.04. The van der Waals surface area contributed by atoms with Crippen LogP contribution >= 0.6 is 0 Å². The molecule has 80 valence electrons. The van der Waals surface area contributed by atoms with Gasteiger partial charge in [0.1, 0.15) is 0 Å². The van der Waals surface area contributed by atoms with Crippen molar-refractivity contribution in [2.75, 3.05) is 6.61 Å². The molecule has 1 aromatic heterocycles. The number of nitrogens with zero attached hydrogens (tertiary/aromatic N) is 1. The molecular weight excluding hydrogens is 190 g/mol. The fourth-order valence-electron chi connectivity index (χ4n) is 1.86. The second-order valence-corrected chi connectivity index (χ2v) is 3.59. The molecule has 0 aliphatic heterocycles. The summed E-state index contributed by atoms with van der Waals surface area (Å²) in [5.41, 5.74) is 2.07. The maximum atomic E-state index is 9.17. The summed E-state index contributed by atoms with van der Waals surface area (Å²) in [6.07, 6.45) is 2.76. The fourth-order valence-corrected chi connectivity index (χ4v) is 1.86. The van der Waals surface area contributed by atoms with Crippen molar-refractivity contribution in [2.45, 2.75) is 19.6 Å². The van der Waals surface area contributed by atoms with Gasteiger partial charge in [-0.05, 0) is 24.1 Å². The molecule has 0 saturated heterocycles. The largest absolute Gasteiger partial charge is 0.396 e. The highest BCUT2D eigenvalue weighted by Gasteiger charge is 2.03. The zero-order valence-electron chi connectivity index (χ0n) is 8.56. The maximum Gasteiger partial charge on any atom is 0.0688 e. The van der Waals surface area contributed by atoms with Gasteiger partial charge in [0.15, 0.2) is 0 Å². The summed E-state index contributed by atoms with van der Waals surface area (Å²) in [5.74, 6) is 0. The van der Waals surface area contributed by atoms with Crippen molar-refractivity contribution in [3.63, 3.8) is 0 Å². The number of hydrogen-bond acceptors (Lipinski definition) is 2. The van der Waals surface area contributed by atoms with E-state index in [-0.39, 0.29) is 13.2 Å². The molecule has 0 amide bonds. The van der Waals surface area contributed by atoms with Crippen LogP contribution in [0.2, 0.25) is 0 Å². The van der Waals surface area contributed by atoms with Gasteiger partial charge in [-0.3, -0.25) is 0 Å². The lowest BCUT2D eigenvalue weighted by atomic mass is 10.1. The Morgan fingerprint density at radius 1 is 1.13 bits per heavy atom. The van der Waals surface area contributed by atoms with Crippen molar-refractivity contribution < 1.29 is 10.2 Å². The highest BCUT2D eigenvalue weighted by atomic mass is 16.3. The molecule has 3 heteroatoms. The molecule has 0 aliphatic carbocycles. The maximum absolute atomic E-state index is 9.17. The van der Waals surface area contributed by atoms with E-state index < -0.39 is 0 Å². The molecule has 1 aromatic carbocycles. The summed E-state index contributed by atoms with van der Waals surface area (Å²) in [6, 6.07) is 7.92. The summed E-state index contributed by atoms with van der Waals surface area (Å²) in [6.45, 7) is 1.09. The van der Waals surface area contributed by atoms with Crippen LogP contribution in [0.25, 0.3) is 10.9 Å². The predicted molar refractivity (Wildman–Crippen MR) is 59.6 cm³/mol. The summed E-state index contributed by atoms with van der Waals surface area (Å²) < 4.78 is 2.10. The Morgan fingerprint density at radius 2 is 2.00 bits per heavy atom. The zero-order valence-corrected chi connectivity index (χ0v) is 8.56. The Balaban J connectivity index is 2.42. The standard InChI is InChI=1S/C12H15NO2/c14-8-2-6-13-7-5-11-10(9-15)3-1-4-12(11)13/h1,3-5,7,14-15H,2,6,8-9H2. The highest BCUT2D eigenvalue weighted by molar-refractivity contribution is 5.83. The normalized spacial score (nSPS) is 11.1. The van der Waals surface area contributed by atoms with Crippen LogP contribution in [0.3, 0.4) is 0 Å². The number of fused-ring (bicyclic) bond motifs is 1. The van der Waals surface area contributed by atoms with Gasteiger partial charge in [0.05, 0.1) is 6.61 Å². The van der Waals surface area contributed by atoms with Crippen LogP contribution in [-0.2, 0) is 13.2 Å². The number of benzene rings is 1. The van der Waals surface area contributed by atoms with Gasteiger partial charge in [-0.25, -0.2) is 0 Å². The van der Waals surface area contributed by atoms with Crippen molar-refractivity contribution in [1.29, 1.82) is 0 Å². The average molecular weight is 205 g/mol. The Kier molecular flexibility index (Phi) is 3.04. The highest BCUT2D eigenvalue weighted by Crippen LogP contribution is 2.20. The summed E-state index contributed by atoms with van der Waals surface area (Å²) in [4.78, 5) is 0. The van der Waals surface area contributed by atoms with Crippen LogP contribution in [0.15, 0.2) is 30.5 Å². The number of aliphatic hydroxyl groups is 2. The van der Waals surface area contributed by atoms with Crippen molar-refractivity contribution in [3.05, 3.63) is 36.0 Å². The van der Waals surface area contributed by atoms with Crippen LogP contribution < -0.4 is 0 Å². The number of rotatable bonds is 4. The minimum absolute atomic E-state index is 0.0708. The third-order valence-electron chi connectivity index (χ3n) is 2.63. The van der Waals surface area contributed by atoms with Gasteiger partial charge in [0.25, 0.3) is 0 Å². The molecule has 0 bridgehead atoms. The Labute approximate surface area is 88.6 Å². The smallest absolute Gasteiger partial charge is 0.0688 e. The Bertz CT molecular complexity index is 448. The van der Waals surface area contributed by atoms with Gasteiger partial charge in [0, 0.05) is 30.3 Å². The second kappa shape index (κ2) is 4.47. The van der Waals surface area contributed by atoms with Gasteiger partial charge >= 0.3 is 0 Å². The molecule has 1 heterocycles. The van der Waals surface area contributed by atoms with E-state index in [0.29, 0.717) is 0 Å². The van der Waals surface area contributed by atoms with Crippen molar-refractivity contribution in [3.8, 4) is 0 Å². The molecule has 0 unspecified atom stereocenters. The van der Waals surface area contributed by atoms with Gasteiger partial charge in [-0.1, -0.05) is 12.1 Å². The molecule has 0 atom stereocenters. The van der Waals surface area contributed by atoms with Crippen molar-refractivity contribution >= 4 is 10.9 Å². The summed E-state index contributed by atoms with van der Waals surface area (Å²) >= 11 is 0. The van der Waals surface area contributed by atoms with E-state index in [1.807, 2.05) is 30.5 Å². The van der Waals surface area contributed by atoms with Crippen LogP contribution in [0, 0.1) is 0 Å². The molecule has 0 fully saturated rings. The molecule has 0 saturated carbocycles. The molecular formula is C12H15NO2. The molecule has 2 aromatic rings. The van der Waals surface area contributed by atoms with E-state index in [2.05, 4.69) is 4.57 Å². The molecule has 2 rings (SSSR count). The van der Waals surface area contributed by atoms with E-state index in [1.165, 1.54) is 0 Å². The van der Waals surface area contributed by atoms with Crippen LogP contribution in [-0.4, -0.2) is 21.4 Å².